The van der Waals surface area contributed by atoms with Gasteiger partial charge in [-0.2, -0.15) is 0 Å². The maximum atomic E-state index is 12.7. The number of hydrogen-bond donors (Lipinski definition) is 3. The normalized spacial score (nSPS) is 16.5. The van der Waals surface area contributed by atoms with Gasteiger partial charge >= 0.3 is 6.09 Å². The first-order chi connectivity index (χ1) is 24.6. The predicted molar refractivity (Wildman–Crippen MR) is 197 cm³/mol. The Morgan fingerprint density at radius 2 is 1.10 bits per heavy atom. The molecule has 0 bridgehead atoms. The second-order valence-corrected chi connectivity index (χ2v) is 13.6. The van der Waals surface area contributed by atoms with Gasteiger partial charge in [0.05, 0.1) is 33.9 Å². The quantitative estimate of drug-likeness (QED) is 0.215. The van der Waals surface area contributed by atoms with Crippen LogP contribution in [0.15, 0.2) is 84.9 Å². The summed E-state index contributed by atoms with van der Waals surface area (Å²) in [6, 6.07) is 26.2. The van der Waals surface area contributed by atoms with Crippen LogP contribution in [0.4, 0.5) is 27.5 Å². The topological polar surface area (TPSA) is 125 Å². The molecule has 4 aliphatic heterocycles. The lowest BCUT2D eigenvalue weighted by atomic mass is 10.1. The van der Waals surface area contributed by atoms with E-state index in [4.69, 9.17) is 14.2 Å². The van der Waals surface area contributed by atoms with Crippen LogP contribution in [0.1, 0.15) is 41.5 Å². The Morgan fingerprint density at radius 1 is 0.627 bits per heavy atom. The average molecular weight is 691 g/mol. The Balaban J connectivity index is 0.000000165. The molecule has 4 heterocycles. The zero-order chi connectivity index (χ0) is 35.5. The maximum Gasteiger partial charge on any atom is 0.410 e. The second kappa shape index (κ2) is 14.2. The molecule has 0 radical (unpaired) electrons. The van der Waals surface area contributed by atoms with Crippen molar-refractivity contribution >= 4 is 40.7 Å². The number of ether oxygens (including phenoxy) is 3. The highest BCUT2D eigenvalue weighted by molar-refractivity contribution is 6.10. The fourth-order valence-corrected chi connectivity index (χ4v) is 6.40. The van der Waals surface area contributed by atoms with E-state index in [-0.39, 0.29) is 17.9 Å². The van der Waals surface area contributed by atoms with Crippen LogP contribution in [0.2, 0.25) is 0 Å². The molecule has 3 amide bonds. The Morgan fingerprint density at radius 3 is 1.59 bits per heavy atom. The number of nitrogens with one attached hydrogen (secondary N) is 3. The predicted octanol–water partition coefficient (Wildman–Crippen LogP) is 6.56. The molecule has 2 fully saturated rings. The van der Waals surface area contributed by atoms with Gasteiger partial charge in [0, 0.05) is 52.4 Å². The molecule has 0 aliphatic carbocycles. The standard InChI is InChI=1S/C22H25N3O4.C17H17N3O2/c1-22(2,3)29-21(27)25-13-11-24(12-14-25)17-9-6-7-15-19(17)28-18-10-5-4-8-16(18)23-20(15)26;21-17-12-4-3-6-14(20-10-8-18-9-11-20)16(12)22-15-7-2-1-5-13(15)19-17/h4-10H,11-14H2,1-3H3,(H,23,26);1-7,18H,8-11H2,(H,19,21). The lowest BCUT2D eigenvalue weighted by molar-refractivity contribution is 0.0240. The van der Waals surface area contributed by atoms with Gasteiger partial charge in [-0.1, -0.05) is 36.4 Å². The molecule has 4 aromatic carbocycles. The van der Waals surface area contributed by atoms with E-state index in [0.29, 0.717) is 71.7 Å². The maximum absolute atomic E-state index is 12.7. The van der Waals surface area contributed by atoms with Crippen LogP contribution in [-0.4, -0.2) is 80.8 Å². The van der Waals surface area contributed by atoms with Crippen molar-refractivity contribution in [3.05, 3.63) is 96.1 Å². The first kappa shape index (κ1) is 33.7. The molecule has 0 aromatic heterocycles. The fraction of sp³-hybridized carbons (Fsp3) is 0.308. The van der Waals surface area contributed by atoms with Crippen molar-refractivity contribution in [2.75, 3.05) is 72.8 Å². The SMILES string of the molecule is CC(C)(C)OC(=O)N1CCN(c2cccc3c2Oc2ccccc2NC3=O)CC1.O=C1Nc2ccccc2Oc2c1cccc2N1CCNCC1. The van der Waals surface area contributed by atoms with Crippen LogP contribution in [-0.2, 0) is 4.74 Å². The molecule has 12 nitrogen and oxygen atoms in total. The number of carbonyl (C=O) groups excluding carboxylic acids is 3. The molecule has 0 saturated carbocycles. The summed E-state index contributed by atoms with van der Waals surface area (Å²) >= 11 is 0. The molecular weight excluding hydrogens is 648 g/mol. The molecule has 0 spiro atoms. The summed E-state index contributed by atoms with van der Waals surface area (Å²) in [6.07, 6.45) is -0.298. The molecule has 0 atom stereocenters. The van der Waals surface area contributed by atoms with Crippen LogP contribution in [0.3, 0.4) is 0 Å². The third-order valence-corrected chi connectivity index (χ3v) is 8.90. The number of amides is 3. The summed E-state index contributed by atoms with van der Waals surface area (Å²) in [5.74, 6) is 2.15. The number of rotatable bonds is 2. The van der Waals surface area contributed by atoms with Crippen LogP contribution in [0.5, 0.6) is 23.0 Å². The average Bonchev–Trinajstić information content (AvgIpc) is 3.38. The highest BCUT2D eigenvalue weighted by atomic mass is 16.6. The first-order valence-corrected chi connectivity index (χ1v) is 17.3. The van der Waals surface area contributed by atoms with Gasteiger partial charge in [0.2, 0.25) is 0 Å². The van der Waals surface area contributed by atoms with Crippen LogP contribution < -0.4 is 35.2 Å². The Hall–Kier alpha value is -5.75. The van der Waals surface area contributed by atoms with Crippen molar-refractivity contribution in [1.29, 1.82) is 0 Å². The van der Waals surface area contributed by atoms with E-state index in [9.17, 15) is 14.4 Å². The van der Waals surface area contributed by atoms with Crippen molar-refractivity contribution in [3.8, 4) is 23.0 Å². The van der Waals surface area contributed by atoms with Crippen LogP contribution in [0, 0.1) is 0 Å². The molecule has 2 saturated heterocycles. The molecule has 12 heteroatoms. The zero-order valence-corrected chi connectivity index (χ0v) is 29.0. The van der Waals surface area contributed by atoms with Gasteiger partial charge in [0.1, 0.15) is 5.60 Å². The van der Waals surface area contributed by atoms with Crippen molar-refractivity contribution in [3.63, 3.8) is 0 Å². The fourth-order valence-electron chi connectivity index (χ4n) is 6.40. The van der Waals surface area contributed by atoms with E-state index >= 15 is 0 Å². The van der Waals surface area contributed by atoms with Crippen molar-refractivity contribution in [2.24, 2.45) is 0 Å². The molecule has 4 aliphatic rings. The molecule has 0 unspecified atom stereocenters. The smallest absolute Gasteiger partial charge is 0.410 e. The molecule has 264 valence electrons. The number of fused-ring (bicyclic) bond motifs is 4. The number of carbonyl (C=O) groups is 3. The molecule has 8 rings (SSSR count). The summed E-state index contributed by atoms with van der Waals surface area (Å²) < 4.78 is 17.7. The molecule has 3 N–H and O–H groups in total. The summed E-state index contributed by atoms with van der Waals surface area (Å²) in [5, 5.41) is 9.15. The summed E-state index contributed by atoms with van der Waals surface area (Å²) in [5.41, 5.74) is 3.73. The van der Waals surface area contributed by atoms with Crippen molar-refractivity contribution < 1.29 is 28.6 Å². The van der Waals surface area contributed by atoms with Gasteiger partial charge in [-0.25, -0.2) is 4.79 Å². The number of nitrogens with zero attached hydrogens (tertiary/aromatic N) is 3. The minimum absolute atomic E-state index is 0.128. The molecule has 4 aromatic rings. The van der Waals surface area contributed by atoms with E-state index in [1.54, 1.807) is 11.0 Å². The van der Waals surface area contributed by atoms with Crippen molar-refractivity contribution in [1.82, 2.24) is 10.2 Å². The van der Waals surface area contributed by atoms with E-state index in [2.05, 4.69) is 25.8 Å². The van der Waals surface area contributed by atoms with E-state index < -0.39 is 5.60 Å². The Bertz CT molecular complexity index is 1940. The molecular formula is C39H42N6O6. The zero-order valence-electron chi connectivity index (χ0n) is 29.0. The largest absolute Gasteiger partial charge is 0.452 e. The third-order valence-electron chi connectivity index (χ3n) is 8.90. The van der Waals surface area contributed by atoms with Gasteiger partial charge in [0.15, 0.2) is 23.0 Å². The Kier molecular flexibility index (Phi) is 9.42. The van der Waals surface area contributed by atoms with Gasteiger partial charge < -0.3 is 44.9 Å². The number of piperazine rings is 2. The molecule has 51 heavy (non-hydrogen) atoms. The monoisotopic (exact) mass is 690 g/mol. The third kappa shape index (κ3) is 7.41. The summed E-state index contributed by atoms with van der Waals surface area (Å²) in [7, 11) is 0. The summed E-state index contributed by atoms with van der Waals surface area (Å²) in [6.45, 7) is 11.6. The lowest BCUT2D eigenvalue weighted by Crippen LogP contribution is -2.50. The minimum Gasteiger partial charge on any atom is -0.452 e. The number of hydrogen-bond acceptors (Lipinski definition) is 9. The van der Waals surface area contributed by atoms with Gasteiger partial charge in [-0.05, 0) is 69.3 Å². The number of para-hydroxylation sites is 6. The van der Waals surface area contributed by atoms with Crippen LogP contribution >= 0.6 is 0 Å². The highest BCUT2D eigenvalue weighted by Crippen LogP contribution is 2.43. The van der Waals surface area contributed by atoms with E-state index in [0.717, 1.165) is 37.6 Å². The minimum atomic E-state index is -0.514. The van der Waals surface area contributed by atoms with Crippen molar-refractivity contribution in [2.45, 2.75) is 26.4 Å². The highest BCUT2D eigenvalue weighted by Gasteiger charge is 2.30. The summed E-state index contributed by atoms with van der Waals surface area (Å²) in [4.78, 5) is 43.6. The first-order valence-electron chi connectivity index (χ1n) is 17.3. The lowest BCUT2D eigenvalue weighted by Gasteiger charge is -2.37. The van der Waals surface area contributed by atoms with Gasteiger partial charge in [-0.3, -0.25) is 9.59 Å². The number of anilines is 4. The second-order valence-electron chi connectivity index (χ2n) is 13.6. The Labute approximate surface area is 297 Å². The van der Waals surface area contributed by atoms with Gasteiger partial charge in [-0.15, -0.1) is 0 Å². The van der Waals surface area contributed by atoms with E-state index in [1.165, 1.54) is 0 Å². The number of benzene rings is 4. The van der Waals surface area contributed by atoms with Gasteiger partial charge in [0.25, 0.3) is 11.8 Å². The van der Waals surface area contributed by atoms with E-state index in [1.807, 2.05) is 99.6 Å². The van der Waals surface area contributed by atoms with Crippen LogP contribution in [0.25, 0.3) is 0 Å².